The normalized spacial score (nSPS) is 11.2. The van der Waals surface area contributed by atoms with E-state index in [1.807, 2.05) is 48.8 Å². The van der Waals surface area contributed by atoms with Gasteiger partial charge in [-0.05, 0) is 55.0 Å². The van der Waals surface area contributed by atoms with Crippen molar-refractivity contribution in [2.24, 2.45) is 0 Å². The molecule has 0 fully saturated rings. The molecule has 0 aliphatic heterocycles. The zero-order valence-electron chi connectivity index (χ0n) is 16.8. The van der Waals surface area contributed by atoms with E-state index in [1.165, 1.54) is 6.07 Å². The summed E-state index contributed by atoms with van der Waals surface area (Å²) in [6.07, 6.45) is 5.69. The van der Waals surface area contributed by atoms with Crippen LogP contribution < -0.4 is 10.6 Å². The molecule has 2 amide bonds. The highest BCUT2D eigenvalue weighted by Gasteiger charge is 2.12. The standard InChI is InChI=1S/C24H20FN5O/c1-15-19(25)4-2-5-20(15)28-24(31)29-21-6-3-7-22-18(21)10-13-30(22)14-16-8-11-26-23-17(16)9-12-27-23/h2-13H,14H2,1H3,(H,26,27)(H2,28,29,31). The Morgan fingerprint density at radius 2 is 1.84 bits per heavy atom. The molecule has 3 aromatic heterocycles. The highest BCUT2D eigenvalue weighted by molar-refractivity contribution is 6.06. The molecule has 0 aliphatic carbocycles. The number of amides is 2. The van der Waals surface area contributed by atoms with Crippen molar-refractivity contribution in [3.8, 4) is 0 Å². The Morgan fingerprint density at radius 1 is 1.03 bits per heavy atom. The van der Waals surface area contributed by atoms with E-state index in [-0.39, 0.29) is 5.82 Å². The summed E-state index contributed by atoms with van der Waals surface area (Å²) >= 11 is 0. The largest absolute Gasteiger partial charge is 0.346 e. The van der Waals surface area contributed by atoms with E-state index in [0.29, 0.717) is 23.5 Å². The molecule has 3 N–H and O–H groups in total. The number of pyridine rings is 1. The molecule has 0 saturated carbocycles. The van der Waals surface area contributed by atoms with Crippen molar-refractivity contribution in [3.63, 3.8) is 0 Å². The molecule has 0 spiro atoms. The van der Waals surface area contributed by atoms with Gasteiger partial charge in [0.1, 0.15) is 11.5 Å². The Bertz CT molecular complexity index is 1420. The lowest BCUT2D eigenvalue weighted by Crippen LogP contribution is -2.20. The number of hydrogen-bond donors (Lipinski definition) is 3. The molecule has 0 atom stereocenters. The second kappa shape index (κ2) is 7.60. The van der Waals surface area contributed by atoms with E-state index in [0.717, 1.165) is 27.5 Å². The van der Waals surface area contributed by atoms with Crippen molar-refractivity contribution in [1.82, 2.24) is 14.5 Å². The van der Waals surface area contributed by atoms with Gasteiger partial charge in [-0.1, -0.05) is 12.1 Å². The number of nitrogens with zero attached hydrogens (tertiary/aromatic N) is 2. The number of nitrogens with one attached hydrogen (secondary N) is 3. The number of fused-ring (bicyclic) bond motifs is 2. The van der Waals surface area contributed by atoms with Gasteiger partial charge in [-0.15, -0.1) is 0 Å². The van der Waals surface area contributed by atoms with Crippen LogP contribution in [0.1, 0.15) is 11.1 Å². The number of H-pyrrole nitrogens is 1. The van der Waals surface area contributed by atoms with E-state index in [2.05, 4.69) is 25.2 Å². The third-order valence-corrected chi connectivity index (χ3v) is 5.47. The van der Waals surface area contributed by atoms with Crippen LogP contribution >= 0.6 is 0 Å². The summed E-state index contributed by atoms with van der Waals surface area (Å²) < 4.78 is 15.9. The number of urea groups is 1. The van der Waals surface area contributed by atoms with Crippen molar-refractivity contribution in [3.05, 3.63) is 90.1 Å². The van der Waals surface area contributed by atoms with Crippen molar-refractivity contribution in [2.45, 2.75) is 13.5 Å². The fourth-order valence-corrected chi connectivity index (χ4v) is 3.83. The van der Waals surface area contributed by atoms with Gasteiger partial charge >= 0.3 is 6.03 Å². The maximum atomic E-state index is 13.7. The maximum Gasteiger partial charge on any atom is 0.323 e. The zero-order valence-corrected chi connectivity index (χ0v) is 16.8. The predicted molar refractivity (Wildman–Crippen MR) is 121 cm³/mol. The van der Waals surface area contributed by atoms with Gasteiger partial charge in [0.25, 0.3) is 0 Å². The lowest BCUT2D eigenvalue weighted by Gasteiger charge is -2.12. The number of rotatable bonds is 4. The molecule has 0 aliphatic rings. The van der Waals surface area contributed by atoms with Crippen LogP contribution in [0.25, 0.3) is 21.9 Å². The van der Waals surface area contributed by atoms with Gasteiger partial charge in [0, 0.05) is 47.2 Å². The Morgan fingerprint density at radius 3 is 2.74 bits per heavy atom. The average molecular weight is 413 g/mol. The Labute approximate surface area is 177 Å². The maximum absolute atomic E-state index is 13.7. The number of benzene rings is 2. The number of halogens is 1. The van der Waals surface area contributed by atoms with Crippen LogP contribution in [0, 0.1) is 12.7 Å². The van der Waals surface area contributed by atoms with Crippen molar-refractivity contribution >= 4 is 39.3 Å². The molecule has 5 aromatic rings. The number of carbonyl (C=O) groups is 1. The average Bonchev–Trinajstić information content (AvgIpc) is 3.40. The lowest BCUT2D eigenvalue weighted by atomic mass is 10.2. The fraction of sp³-hybridized carbons (Fsp3) is 0.0833. The predicted octanol–water partition coefficient (Wildman–Crippen LogP) is 5.66. The molecule has 0 saturated heterocycles. The van der Waals surface area contributed by atoms with Gasteiger partial charge in [0.2, 0.25) is 0 Å². The molecule has 5 rings (SSSR count). The minimum absolute atomic E-state index is 0.357. The summed E-state index contributed by atoms with van der Waals surface area (Å²) in [6.45, 7) is 2.31. The summed E-state index contributed by atoms with van der Waals surface area (Å²) in [7, 11) is 0. The number of carbonyl (C=O) groups excluding carboxylic acids is 1. The van der Waals surface area contributed by atoms with E-state index in [9.17, 15) is 9.18 Å². The summed E-state index contributed by atoms with van der Waals surface area (Å²) in [4.78, 5) is 20.0. The Hall–Kier alpha value is -4.13. The number of aromatic amines is 1. The first-order chi connectivity index (χ1) is 15.1. The number of anilines is 2. The van der Waals surface area contributed by atoms with Gasteiger partial charge in [0.15, 0.2) is 0 Å². The van der Waals surface area contributed by atoms with Crippen molar-refractivity contribution in [2.75, 3.05) is 10.6 Å². The summed E-state index contributed by atoms with van der Waals surface area (Å²) in [5.41, 5.74) is 4.54. The molecule has 7 heteroatoms. The van der Waals surface area contributed by atoms with Gasteiger partial charge < -0.3 is 20.2 Å². The molecule has 6 nitrogen and oxygen atoms in total. The minimum Gasteiger partial charge on any atom is -0.346 e. The smallest absolute Gasteiger partial charge is 0.323 e. The van der Waals surface area contributed by atoms with E-state index >= 15 is 0 Å². The molecular formula is C24H20FN5O. The fourth-order valence-electron chi connectivity index (χ4n) is 3.83. The van der Waals surface area contributed by atoms with E-state index < -0.39 is 6.03 Å². The number of hydrogen-bond acceptors (Lipinski definition) is 2. The van der Waals surface area contributed by atoms with Crippen LogP contribution in [0.5, 0.6) is 0 Å². The van der Waals surface area contributed by atoms with Crippen molar-refractivity contribution in [1.29, 1.82) is 0 Å². The first-order valence-electron chi connectivity index (χ1n) is 9.92. The third-order valence-electron chi connectivity index (χ3n) is 5.47. The molecular weight excluding hydrogens is 393 g/mol. The van der Waals surface area contributed by atoms with Gasteiger partial charge in [-0.2, -0.15) is 0 Å². The van der Waals surface area contributed by atoms with Crippen LogP contribution in [0.4, 0.5) is 20.6 Å². The Kier molecular flexibility index (Phi) is 4.63. The topological polar surface area (TPSA) is 74.7 Å². The SMILES string of the molecule is Cc1c(F)cccc1NC(=O)Nc1cccc2c1ccn2Cc1ccnc2[nH]ccc12. The first-order valence-corrected chi connectivity index (χ1v) is 9.92. The molecule has 31 heavy (non-hydrogen) atoms. The molecule has 2 aromatic carbocycles. The van der Waals surface area contributed by atoms with Gasteiger partial charge in [-0.25, -0.2) is 14.2 Å². The summed E-state index contributed by atoms with van der Waals surface area (Å²) in [5, 5.41) is 7.61. The molecule has 154 valence electrons. The van der Waals surface area contributed by atoms with E-state index in [1.54, 1.807) is 25.3 Å². The molecule has 3 heterocycles. The number of aromatic nitrogens is 3. The molecule has 0 radical (unpaired) electrons. The van der Waals surface area contributed by atoms with Crippen LogP contribution in [0.3, 0.4) is 0 Å². The quantitative estimate of drug-likeness (QED) is 0.356. The van der Waals surface area contributed by atoms with Gasteiger partial charge in [0.05, 0.1) is 11.2 Å². The second-order valence-corrected chi connectivity index (χ2v) is 7.38. The van der Waals surface area contributed by atoms with Gasteiger partial charge in [-0.3, -0.25) is 0 Å². The highest BCUT2D eigenvalue weighted by Crippen LogP contribution is 2.27. The zero-order chi connectivity index (χ0) is 21.4. The summed E-state index contributed by atoms with van der Waals surface area (Å²) in [6, 6.07) is 16.0. The first kappa shape index (κ1) is 18.9. The van der Waals surface area contributed by atoms with Crippen LogP contribution in [0.2, 0.25) is 0 Å². The van der Waals surface area contributed by atoms with E-state index in [4.69, 9.17) is 0 Å². The van der Waals surface area contributed by atoms with Crippen LogP contribution in [-0.4, -0.2) is 20.6 Å². The third kappa shape index (κ3) is 3.50. The molecule has 0 unspecified atom stereocenters. The second-order valence-electron chi connectivity index (χ2n) is 7.38. The highest BCUT2D eigenvalue weighted by atomic mass is 19.1. The Balaban J connectivity index is 1.41. The van der Waals surface area contributed by atoms with Crippen LogP contribution in [0.15, 0.2) is 73.2 Å². The monoisotopic (exact) mass is 413 g/mol. The summed E-state index contributed by atoms with van der Waals surface area (Å²) in [5.74, 6) is -0.357. The minimum atomic E-state index is -0.419. The molecule has 0 bridgehead atoms. The lowest BCUT2D eigenvalue weighted by molar-refractivity contribution is 0.262. The van der Waals surface area contributed by atoms with Crippen LogP contribution in [-0.2, 0) is 6.54 Å². The van der Waals surface area contributed by atoms with Crippen molar-refractivity contribution < 1.29 is 9.18 Å².